The summed E-state index contributed by atoms with van der Waals surface area (Å²) in [6.07, 6.45) is 3.43. The lowest BCUT2D eigenvalue weighted by Gasteiger charge is -2.36. The van der Waals surface area contributed by atoms with Gasteiger partial charge < -0.3 is 10.4 Å². The van der Waals surface area contributed by atoms with Gasteiger partial charge in [-0.3, -0.25) is 9.69 Å². The Morgan fingerprint density at radius 2 is 1.89 bits per heavy atom. The third-order valence-electron chi connectivity index (χ3n) is 6.40. The van der Waals surface area contributed by atoms with Crippen LogP contribution in [0.3, 0.4) is 0 Å². The number of nitrogens with one attached hydrogen (secondary N) is 1. The Hall–Kier alpha value is -2.24. The molecule has 28 heavy (non-hydrogen) atoms. The van der Waals surface area contributed by atoms with Gasteiger partial charge in [-0.2, -0.15) is 0 Å². The first-order valence-electron chi connectivity index (χ1n) is 10.1. The molecule has 2 bridgehead atoms. The van der Waals surface area contributed by atoms with E-state index in [-0.39, 0.29) is 37.0 Å². The summed E-state index contributed by atoms with van der Waals surface area (Å²) in [5.41, 5.74) is 1.29. The van der Waals surface area contributed by atoms with E-state index < -0.39 is 5.41 Å². The van der Waals surface area contributed by atoms with Gasteiger partial charge >= 0.3 is 0 Å². The van der Waals surface area contributed by atoms with E-state index in [2.05, 4.69) is 22.3 Å². The van der Waals surface area contributed by atoms with Gasteiger partial charge in [0.2, 0.25) is 5.91 Å². The standard InChI is InChI=1S/C23H27FN2O2/c24-20-9-5-4-8-18(20)16-26-19-10-11-21(26)23(15-19,22(28)25-12-13-27)14-17-6-2-1-3-7-17/h1-9,19,21,27H,10-16H2,(H,25,28)/t19-,21+,23+/m0/s1. The largest absolute Gasteiger partial charge is 0.395 e. The summed E-state index contributed by atoms with van der Waals surface area (Å²) >= 11 is 0. The fraction of sp³-hybridized carbons (Fsp3) is 0.435. The van der Waals surface area contributed by atoms with Crippen LogP contribution in [0.25, 0.3) is 0 Å². The first kappa shape index (κ1) is 19.1. The minimum absolute atomic E-state index is 0.0103. The van der Waals surface area contributed by atoms with Crippen LogP contribution >= 0.6 is 0 Å². The summed E-state index contributed by atoms with van der Waals surface area (Å²) in [4.78, 5) is 15.6. The van der Waals surface area contributed by atoms with Crippen molar-refractivity contribution in [2.75, 3.05) is 13.2 Å². The molecule has 0 radical (unpaired) electrons. The van der Waals surface area contributed by atoms with Crippen LogP contribution in [0.1, 0.15) is 30.4 Å². The first-order chi connectivity index (χ1) is 13.6. The molecule has 148 valence electrons. The number of benzene rings is 2. The number of aliphatic hydroxyl groups is 1. The lowest BCUT2D eigenvalue weighted by molar-refractivity contribution is -0.133. The van der Waals surface area contributed by atoms with Crippen molar-refractivity contribution in [1.29, 1.82) is 0 Å². The normalized spacial score (nSPS) is 26.5. The molecular weight excluding hydrogens is 355 g/mol. The van der Waals surface area contributed by atoms with E-state index >= 15 is 0 Å². The lowest BCUT2D eigenvalue weighted by atomic mass is 9.69. The van der Waals surface area contributed by atoms with Gasteiger partial charge in [-0.15, -0.1) is 0 Å². The van der Waals surface area contributed by atoms with Crippen LogP contribution < -0.4 is 5.32 Å². The Morgan fingerprint density at radius 1 is 1.14 bits per heavy atom. The van der Waals surface area contributed by atoms with E-state index in [9.17, 15) is 14.3 Å². The van der Waals surface area contributed by atoms with E-state index in [4.69, 9.17) is 0 Å². The van der Waals surface area contributed by atoms with Gasteiger partial charge in [0.05, 0.1) is 12.0 Å². The van der Waals surface area contributed by atoms with Crippen molar-refractivity contribution in [1.82, 2.24) is 10.2 Å². The summed E-state index contributed by atoms with van der Waals surface area (Å²) in [5, 5.41) is 12.1. The minimum atomic E-state index is -0.537. The van der Waals surface area contributed by atoms with Crippen LogP contribution in [0.4, 0.5) is 4.39 Å². The van der Waals surface area contributed by atoms with Crippen molar-refractivity contribution >= 4 is 5.91 Å². The second-order valence-corrected chi connectivity index (χ2v) is 8.01. The Bertz CT molecular complexity index is 828. The smallest absolute Gasteiger partial charge is 0.228 e. The van der Waals surface area contributed by atoms with Crippen LogP contribution in [0.5, 0.6) is 0 Å². The van der Waals surface area contributed by atoms with Gasteiger partial charge in [0.15, 0.2) is 0 Å². The summed E-state index contributed by atoms with van der Waals surface area (Å²) < 4.78 is 14.2. The highest BCUT2D eigenvalue weighted by Gasteiger charge is 2.59. The molecule has 2 fully saturated rings. The van der Waals surface area contributed by atoms with E-state index in [1.54, 1.807) is 6.07 Å². The lowest BCUT2D eigenvalue weighted by Crippen LogP contribution is -2.51. The highest BCUT2D eigenvalue weighted by atomic mass is 19.1. The number of amides is 1. The Kier molecular flexibility index (Phi) is 5.47. The number of hydrogen-bond acceptors (Lipinski definition) is 3. The van der Waals surface area contributed by atoms with Crippen molar-refractivity contribution in [2.24, 2.45) is 5.41 Å². The Labute approximate surface area is 165 Å². The Morgan fingerprint density at radius 3 is 2.64 bits per heavy atom. The zero-order chi connectivity index (χ0) is 19.6. The van der Waals surface area contributed by atoms with Gasteiger partial charge in [-0.1, -0.05) is 48.5 Å². The number of carbonyl (C=O) groups excluding carboxylic acids is 1. The van der Waals surface area contributed by atoms with Gasteiger partial charge in [0.1, 0.15) is 5.82 Å². The van der Waals surface area contributed by atoms with Crippen LogP contribution in [-0.4, -0.2) is 41.1 Å². The zero-order valence-electron chi connectivity index (χ0n) is 16.0. The fourth-order valence-electron chi connectivity index (χ4n) is 5.19. The molecule has 5 heteroatoms. The summed E-state index contributed by atoms with van der Waals surface area (Å²) in [6, 6.07) is 17.4. The molecule has 0 aromatic heterocycles. The number of halogens is 1. The number of carbonyl (C=O) groups is 1. The zero-order valence-corrected chi connectivity index (χ0v) is 16.0. The van der Waals surface area contributed by atoms with Crippen LogP contribution in [0, 0.1) is 11.2 Å². The van der Waals surface area contributed by atoms with E-state index in [0.29, 0.717) is 18.5 Å². The average Bonchev–Trinajstić information content (AvgIpc) is 3.23. The monoisotopic (exact) mass is 382 g/mol. The fourth-order valence-corrected chi connectivity index (χ4v) is 5.19. The van der Waals surface area contributed by atoms with Gasteiger partial charge in [0.25, 0.3) is 0 Å². The van der Waals surface area contributed by atoms with Crippen molar-refractivity contribution in [3.8, 4) is 0 Å². The second-order valence-electron chi connectivity index (χ2n) is 8.01. The molecule has 4 nitrogen and oxygen atoms in total. The maximum Gasteiger partial charge on any atom is 0.228 e. The molecule has 2 saturated heterocycles. The second kappa shape index (κ2) is 8.02. The van der Waals surface area contributed by atoms with Gasteiger partial charge in [0, 0.05) is 30.7 Å². The third-order valence-corrected chi connectivity index (χ3v) is 6.40. The van der Waals surface area contributed by atoms with E-state index in [1.165, 1.54) is 6.07 Å². The molecule has 2 aromatic carbocycles. The maximum atomic E-state index is 14.2. The predicted octanol–water partition coefficient (Wildman–Crippen LogP) is 2.90. The molecule has 2 heterocycles. The highest BCUT2D eigenvalue weighted by molar-refractivity contribution is 5.84. The van der Waals surface area contributed by atoms with Gasteiger partial charge in [-0.25, -0.2) is 4.39 Å². The molecule has 2 N–H and O–H groups in total. The molecule has 3 atom stereocenters. The number of fused-ring (bicyclic) bond motifs is 2. The molecule has 4 rings (SSSR count). The molecule has 1 amide bonds. The quantitative estimate of drug-likeness (QED) is 0.774. The van der Waals surface area contributed by atoms with Crippen LogP contribution in [0.2, 0.25) is 0 Å². The molecule has 0 unspecified atom stereocenters. The summed E-state index contributed by atoms with van der Waals surface area (Å²) in [6.45, 7) is 0.728. The minimum Gasteiger partial charge on any atom is -0.395 e. The van der Waals surface area contributed by atoms with Crippen molar-refractivity contribution in [3.05, 3.63) is 71.5 Å². The summed E-state index contributed by atoms with van der Waals surface area (Å²) in [7, 11) is 0. The SMILES string of the molecule is O=C(NCCO)[C@]1(Cc2ccccc2)C[C@@H]2CC[C@H]1N2Cc1ccccc1F. The van der Waals surface area contributed by atoms with Crippen LogP contribution in [0.15, 0.2) is 54.6 Å². The third kappa shape index (κ3) is 3.45. The first-order valence-corrected chi connectivity index (χ1v) is 10.1. The molecular formula is C23H27FN2O2. The van der Waals surface area contributed by atoms with E-state index in [1.807, 2.05) is 30.3 Å². The molecule has 2 aromatic rings. The number of rotatable bonds is 7. The maximum absolute atomic E-state index is 14.2. The number of nitrogens with zero attached hydrogens (tertiary/aromatic N) is 1. The highest BCUT2D eigenvalue weighted by Crippen LogP contribution is 2.52. The molecule has 2 aliphatic heterocycles. The van der Waals surface area contributed by atoms with Gasteiger partial charge in [-0.05, 0) is 37.3 Å². The van der Waals surface area contributed by atoms with E-state index in [0.717, 1.165) is 24.8 Å². The molecule has 2 aliphatic rings. The van der Waals surface area contributed by atoms with Crippen LogP contribution in [-0.2, 0) is 17.8 Å². The van der Waals surface area contributed by atoms with Crippen molar-refractivity contribution < 1.29 is 14.3 Å². The predicted molar refractivity (Wildman–Crippen MR) is 106 cm³/mol. The van der Waals surface area contributed by atoms with Crippen molar-refractivity contribution in [3.63, 3.8) is 0 Å². The molecule has 0 aliphatic carbocycles. The topological polar surface area (TPSA) is 52.6 Å². The molecule has 0 spiro atoms. The summed E-state index contributed by atoms with van der Waals surface area (Å²) in [5.74, 6) is -0.177. The number of hydrogen-bond donors (Lipinski definition) is 2. The molecule has 0 saturated carbocycles. The van der Waals surface area contributed by atoms with Crippen molar-refractivity contribution in [2.45, 2.75) is 44.3 Å². The average molecular weight is 382 g/mol. The number of aliphatic hydroxyl groups excluding tert-OH is 1. The Balaban J connectivity index is 1.63.